The fraction of sp³-hybridized carbons (Fsp3) is 0.818. The van der Waals surface area contributed by atoms with Crippen molar-refractivity contribution < 1.29 is 9.84 Å². The van der Waals surface area contributed by atoms with Gasteiger partial charge in [-0.05, 0) is 24.2 Å². The molecule has 1 aliphatic carbocycles. The summed E-state index contributed by atoms with van der Waals surface area (Å²) < 4.78 is 6.85. The lowest BCUT2D eigenvalue weighted by Gasteiger charge is -2.41. The van der Waals surface area contributed by atoms with Crippen LogP contribution in [0.25, 0.3) is 0 Å². The summed E-state index contributed by atoms with van der Waals surface area (Å²) in [6.45, 7) is 3.87. The van der Waals surface area contributed by atoms with Gasteiger partial charge in [0.1, 0.15) is 5.69 Å². The topological polar surface area (TPSA) is 60.2 Å². The van der Waals surface area contributed by atoms with Crippen molar-refractivity contribution in [1.29, 1.82) is 0 Å². The van der Waals surface area contributed by atoms with Crippen LogP contribution in [0.1, 0.15) is 19.0 Å². The van der Waals surface area contributed by atoms with E-state index in [4.69, 9.17) is 4.74 Å². The molecule has 2 rings (SSSR count). The van der Waals surface area contributed by atoms with E-state index < -0.39 is 0 Å². The zero-order valence-corrected chi connectivity index (χ0v) is 9.83. The highest BCUT2D eigenvalue weighted by molar-refractivity contribution is 4.92. The number of rotatable bonds is 5. The van der Waals surface area contributed by atoms with Crippen LogP contribution in [0.15, 0.2) is 6.20 Å². The predicted octanol–water partition coefficient (Wildman–Crippen LogP) is 0.689. The maximum absolute atomic E-state index is 9.18. The largest absolute Gasteiger partial charge is 0.396 e. The summed E-state index contributed by atoms with van der Waals surface area (Å²) in [7, 11) is 1.65. The molecule has 1 fully saturated rings. The third kappa shape index (κ3) is 2.25. The summed E-state index contributed by atoms with van der Waals surface area (Å²) in [5.74, 6) is 1.64. The first-order chi connectivity index (χ1) is 7.74. The third-order valence-electron chi connectivity index (χ3n) is 3.52. The van der Waals surface area contributed by atoms with E-state index >= 15 is 0 Å². The molecule has 16 heavy (non-hydrogen) atoms. The standard InChI is InChI=1S/C11H19N3O2/c1-8-3-9(6-15)11(8)5-14-4-10(7-16-2)12-13-14/h4,8-9,11,15H,3,5-7H2,1-2H3. The molecule has 1 saturated carbocycles. The van der Waals surface area contributed by atoms with Crippen molar-refractivity contribution in [2.45, 2.75) is 26.5 Å². The SMILES string of the molecule is COCc1cn(CC2C(C)CC2CO)nn1. The molecule has 90 valence electrons. The molecular formula is C11H19N3O2. The van der Waals surface area contributed by atoms with Gasteiger partial charge in [0, 0.05) is 20.3 Å². The summed E-state index contributed by atoms with van der Waals surface area (Å²) in [6, 6.07) is 0. The molecule has 0 radical (unpaired) electrons. The Morgan fingerprint density at radius 2 is 2.44 bits per heavy atom. The van der Waals surface area contributed by atoms with Gasteiger partial charge in [0.2, 0.25) is 0 Å². The molecule has 5 nitrogen and oxygen atoms in total. The number of hydrogen-bond donors (Lipinski definition) is 1. The molecule has 1 aromatic heterocycles. The monoisotopic (exact) mass is 225 g/mol. The Morgan fingerprint density at radius 1 is 1.62 bits per heavy atom. The van der Waals surface area contributed by atoms with Crippen LogP contribution in [0.5, 0.6) is 0 Å². The van der Waals surface area contributed by atoms with E-state index in [2.05, 4.69) is 17.2 Å². The second-order valence-electron chi connectivity index (χ2n) is 4.68. The lowest BCUT2D eigenvalue weighted by molar-refractivity contribution is 0.0188. The van der Waals surface area contributed by atoms with Crippen molar-refractivity contribution in [3.8, 4) is 0 Å². The van der Waals surface area contributed by atoms with Crippen LogP contribution in [0, 0.1) is 17.8 Å². The Morgan fingerprint density at radius 3 is 3.06 bits per heavy atom. The van der Waals surface area contributed by atoms with Gasteiger partial charge in [-0.15, -0.1) is 5.10 Å². The second-order valence-corrected chi connectivity index (χ2v) is 4.68. The molecule has 0 bridgehead atoms. The van der Waals surface area contributed by atoms with Crippen molar-refractivity contribution in [2.24, 2.45) is 17.8 Å². The molecule has 3 atom stereocenters. The van der Waals surface area contributed by atoms with E-state index in [1.807, 2.05) is 10.9 Å². The molecule has 1 N–H and O–H groups in total. The highest BCUT2D eigenvalue weighted by atomic mass is 16.5. The van der Waals surface area contributed by atoms with E-state index in [-0.39, 0.29) is 6.61 Å². The van der Waals surface area contributed by atoms with Gasteiger partial charge in [0.15, 0.2) is 0 Å². The lowest BCUT2D eigenvalue weighted by Crippen LogP contribution is -2.40. The van der Waals surface area contributed by atoms with Gasteiger partial charge in [-0.25, -0.2) is 0 Å². The minimum Gasteiger partial charge on any atom is -0.396 e. The first-order valence-electron chi connectivity index (χ1n) is 5.73. The first-order valence-corrected chi connectivity index (χ1v) is 5.73. The van der Waals surface area contributed by atoms with Crippen molar-refractivity contribution in [3.63, 3.8) is 0 Å². The number of aliphatic hydroxyl groups excluding tert-OH is 1. The minimum atomic E-state index is 0.286. The molecule has 3 unspecified atom stereocenters. The van der Waals surface area contributed by atoms with Crippen LogP contribution in [0.4, 0.5) is 0 Å². The molecule has 1 aromatic rings. The predicted molar refractivity (Wildman–Crippen MR) is 58.6 cm³/mol. The Kier molecular flexibility index (Phi) is 3.56. The van der Waals surface area contributed by atoms with Gasteiger partial charge in [-0.2, -0.15) is 0 Å². The molecule has 0 amide bonds. The number of ether oxygens (including phenoxy) is 1. The Balaban J connectivity index is 1.92. The van der Waals surface area contributed by atoms with Crippen LogP contribution in [0.3, 0.4) is 0 Å². The van der Waals surface area contributed by atoms with Gasteiger partial charge in [0.05, 0.1) is 12.8 Å². The summed E-state index contributed by atoms with van der Waals surface area (Å²) in [5.41, 5.74) is 0.857. The van der Waals surface area contributed by atoms with Gasteiger partial charge in [-0.1, -0.05) is 12.1 Å². The highest BCUT2D eigenvalue weighted by Gasteiger charge is 2.37. The molecule has 0 aliphatic heterocycles. The Labute approximate surface area is 95.4 Å². The fourth-order valence-corrected chi connectivity index (χ4v) is 2.49. The number of aliphatic hydroxyl groups is 1. The summed E-state index contributed by atoms with van der Waals surface area (Å²) >= 11 is 0. The number of nitrogens with zero attached hydrogens (tertiary/aromatic N) is 3. The number of methoxy groups -OCH3 is 1. The normalized spacial score (nSPS) is 29.1. The quantitative estimate of drug-likeness (QED) is 0.801. The molecule has 1 heterocycles. The molecule has 0 aromatic carbocycles. The summed E-state index contributed by atoms with van der Waals surface area (Å²) in [5, 5.41) is 17.3. The van der Waals surface area contributed by atoms with E-state index in [1.165, 1.54) is 0 Å². The van der Waals surface area contributed by atoms with E-state index in [1.54, 1.807) is 7.11 Å². The van der Waals surface area contributed by atoms with Crippen LogP contribution in [-0.4, -0.2) is 33.8 Å². The van der Waals surface area contributed by atoms with Gasteiger partial charge in [-0.3, -0.25) is 4.68 Å². The van der Waals surface area contributed by atoms with Crippen molar-refractivity contribution in [1.82, 2.24) is 15.0 Å². The van der Waals surface area contributed by atoms with Crippen LogP contribution >= 0.6 is 0 Å². The molecule has 5 heteroatoms. The van der Waals surface area contributed by atoms with Crippen LogP contribution in [-0.2, 0) is 17.9 Å². The average Bonchev–Trinajstić information content (AvgIpc) is 2.71. The molecule has 0 spiro atoms. The highest BCUT2D eigenvalue weighted by Crippen LogP contribution is 2.40. The van der Waals surface area contributed by atoms with Crippen molar-refractivity contribution in [3.05, 3.63) is 11.9 Å². The summed E-state index contributed by atoms with van der Waals surface area (Å²) in [6.07, 6.45) is 3.05. The average molecular weight is 225 g/mol. The van der Waals surface area contributed by atoms with Gasteiger partial charge < -0.3 is 9.84 Å². The molecule has 0 saturated heterocycles. The first kappa shape index (κ1) is 11.5. The Bertz CT molecular complexity index is 340. The van der Waals surface area contributed by atoms with E-state index in [0.29, 0.717) is 24.4 Å². The maximum Gasteiger partial charge on any atom is 0.108 e. The third-order valence-corrected chi connectivity index (χ3v) is 3.52. The lowest BCUT2D eigenvalue weighted by atomic mass is 9.66. The number of hydrogen-bond acceptors (Lipinski definition) is 4. The van der Waals surface area contributed by atoms with Crippen LogP contribution < -0.4 is 0 Å². The van der Waals surface area contributed by atoms with Crippen molar-refractivity contribution >= 4 is 0 Å². The smallest absolute Gasteiger partial charge is 0.108 e. The maximum atomic E-state index is 9.18. The van der Waals surface area contributed by atoms with Gasteiger partial charge >= 0.3 is 0 Å². The van der Waals surface area contributed by atoms with Gasteiger partial charge in [0.25, 0.3) is 0 Å². The zero-order valence-electron chi connectivity index (χ0n) is 9.83. The number of aromatic nitrogens is 3. The fourth-order valence-electron chi connectivity index (χ4n) is 2.49. The van der Waals surface area contributed by atoms with E-state index in [0.717, 1.165) is 18.7 Å². The molecule has 1 aliphatic rings. The van der Waals surface area contributed by atoms with Crippen LogP contribution in [0.2, 0.25) is 0 Å². The minimum absolute atomic E-state index is 0.286. The zero-order chi connectivity index (χ0) is 11.5. The Hall–Kier alpha value is -0.940. The van der Waals surface area contributed by atoms with Crippen molar-refractivity contribution in [2.75, 3.05) is 13.7 Å². The second kappa shape index (κ2) is 4.93. The summed E-state index contributed by atoms with van der Waals surface area (Å²) in [4.78, 5) is 0. The molecular weight excluding hydrogens is 206 g/mol. The van der Waals surface area contributed by atoms with E-state index in [9.17, 15) is 5.11 Å².